The zero-order valence-corrected chi connectivity index (χ0v) is 13.4. The lowest BCUT2D eigenvalue weighted by Gasteiger charge is -2.16. The van der Waals surface area contributed by atoms with Gasteiger partial charge in [-0.15, -0.1) is 0 Å². The molecule has 1 aliphatic rings. The molecule has 1 amide bonds. The molecule has 0 unspecified atom stereocenters. The van der Waals surface area contributed by atoms with Crippen LogP contribution in [-0.4, -0.2) is 5.91 Å². The summed E-state index contributed by atoms with van der Waals surface area (Å²) in [5, 5.41) is 9.81. The van der Waals surface area contributed by atoms with E-state index in [0.29, 0.717) is 5.70 Å². The number of nitrogens with zero attached hydrogens (tertiary/aromatic N) is 1. The molecule has 1 aliphatic heterocycles. The Kier molecular flexibility index (Phi) is 3.54. The molecule has 1 heterocycles. The highest BCUT2D eigenvalue weighted by atomic mass is 16.2. The van der Waals surface area contributed by atoms with Gasteiger partial charge in [-0.25, -0.2) is 5.32 Å². The summed E-state index contributed by atoms with van der Waals surface area (Å²) < 4.78 is 0. The van der Waals surface area contributed by atoms with Crippen LogP contribution in [0.5, 0.6) is 0 Å². The van der Waals surface area contributed by atoms with Crippen molar-refractivity contribution in [3.63, 3.8) is 0 Å². The fourth-order valence-corrected chi connectivity index (χ4v) is 3.11. The van der Waals surface area contributed by atoms with Gasteiger partial charge in [-0.2, -0.15) is 0 Å². The Hall–Kier alpha value is -3.07. The minimum Gasteiger partial charge on any atom is -0.344 e. The number of benzene rings is 3. The molecular formula is C21H17N2O. The predicted octanol–water partition coefficient (Wildman–Crippen LogP) is 4.31. The summed E-state index contributed by atoms with van der Waals surface area (Å²) >= 11 is 0. The monoisotopic (exact) mass is 313 g/mol. The standard InChI is InChI=1S/C21H17N2O/c1-14(17-11-6-9-15-7-2-4-10-18(15)17)22-21(24)20-13-16-8-3-5-12-19(16)23-20/h2-14H,1H3,(H,22,24)/t14-/m1/s1. The molecule has 3 aromatic carbocycles. The fourth-order valence-electron chi connectivity index (χ4n) is 3.11. The summed E-state index contributed by atoms with van der Waals surface area (Å²) in [6, 6.07) is 22.0. The molecule has 4 rings (SSSR count). The third-order valence-electron chi connectivity index (χ3n) is 4.34. The van der Waals surface area contributed by atoms with Crippen LogP contribution in [0, 0.1) is 0 Å². The number of hydrogen-bond acceptors (Lipinski definition) is 1. The van der Waals surface area contributed by atoms with Crippen molar-refractivity contribution in [2.45, 2.75) is 13.0 Å². The molecule has 0 saturated carbocycles. The van der Waals surface area contributed by atoms with E-state index in [4.69, 9.17) is 0 Å². The number of fused-ring (bicyclic) bond motifs is 2. The van der Waals surface area contributed by atoms with Crippen molar-refractivity contribution in [3.05, 3.63) is 83.6 Å². The van der Waals surface area contributed by atoms with Crippen LogP contribution in [0.4, 0.5) is 5.69 Å². The molecule has 0 saturated heterocycles. The summed E-state index contributed by atoms with van der Waals surface area (Å²) in [5.41, 5.74) is 3.40. The van der Waals surface area contributed by atoms with Crippen molar-refractivity contribution in [3.8, 4) is 0 Å². The van der Waals surface area contributed by atoms with E-state index in [1.807, 2.05) is 55.5 Å². The summed E-state index contributed by atoms with van der Waals surface area (Å²) in [4.78, 5) is 12.6. The molecule has 24 heavy (non-hydrogen) atoms. The van der Waals surface area contributed by atoms with Crippen LogP contribution in [0.1, 0.15) is 24.1 Å². The quantitative estimate of drug-likeness (QED) is 0.769. The first kappa shape index (κ1) is 14.5. The third-order valence-corrected chi connectivity index (χ3v) is 4.34. The summed E-state index contributed by atoms with van der Waals surface area (Å²) in [5.74, 6) is -0.147. The Balaban J connectivity index is 1.56. The van der Waals surface area contributed by atoms with Gasteiger partial charge < -0.3 is 5.32 Å². The smallest absolute Gasteiger partial charge is 0.270 e. The highest BCUT2D eigenvalue weighted by Crippen LogP contribution is 2.28. The zero-order valence-electron chi connectivity index (χ0n) is 13.4. The van der Waals surface area contributed by atoms with Crippen molar-refractivity contribution < 1.29 is 4.79 Å². The van der Waals surface area contributed by atoms with Crippen LogP contribution in [0.25, 0.3) is 16.8 Å². The van der Waals surface area contributed by atoms with Crippen LogP contribution in [0.15, 0.2) is 72.4 Å². The van der Waals surface area contributed by atoms with E-state index in [2.05, 4.69) is 34.9 Å². The highest BCUT2D eigenvalue weighted by Gasteiger charge is 2.21. The second-order valence-corrected chi connectivity index (χ2v) is 5.96. The van der Waals surface area contributed by atoms with Crippen molar-refractivity contribution in [2.24, 2.45) is 0 Å². The second kappa shape index (κ2) is 5.85. The SMILES string of the molecule is C[C@@H](NC(=O)C1=Cc2ccccc2[N]1)c1cccc2ccccc12. The normalized spacial score (nSPS) is 13.8. The van der Waals surface area contributed by atoms with Gasteiger partial charge in [0.15, 0.2) is 0 Å². The summed E-state index contributed by atoms with van der Waals surface area (Å²) in [6.45, 7) is 2.00. The number of carbonyl (C=O) groups is 1. The second-order valence-electron chi connectivity index (χ2n) is 5.96. The maximum Gasteiger partial charge on any atom is 0.270 e. The predicted molar refractivity (Wildman–Crippen MR) is 96.7 cm³/mol. The van der Waals surface area contributed by atoms with Gasteiger partial charge in [-0.3, -0.25) is 4.79 Å². The first-order chi connectivity index (χ1) is 11.7. The number of hydrogen-bond donors (Lipinski definition) is 1. The molecule has 0 bridgehead atoms. The lowest BCUT2D eigenvalue weighted by atomic mass is 9.99. The fraction of sp³-hybridized carbons (Fsp3) is 0.0952. The first-order valence-corrected chi connectivity index (χ1v) is 8.03. The van der Waals surface area contributed by atoms with Gasteiger partial charge in [0.25, 0.3) is 5.91 Å². The van der Waals surface area contributed by atoms with E-state index in [-0.39, 0.29) is 11.9 Å². The van der Waals surface area contributed by atoms with E-state index in [1.54, 1.807) is 0 Å². The Morgan fingerprint density at radius 1 is 0.958 bits per heavy atom. The van der Waals surface area contributed by atoms with Crippen LogP contribution in [0.3, 0.4) is 0 Å². The molecule has 1 radical (unpaired) electrons. The maximum absolute atomic E-state index is 12.6. The largest absolute Gasteiger partial charge is 0.344 e. The van der Waals surface area contributed by atoms with Gasteiger partial charge in [0, 0.05) is 5.56 Å². The van der Waals surface area contributed by atoms with Crippen molar-refractivity contribution in [2.75, 3.05) is 0 Å². The van der Waals surface area contributed by atoms with Crippen molar-refractivity contribution in [1.29, 1.82) is 0 Å². The van der Waals surface area contributed by atoms with E-state index in [1.165, 1.54) is 5.39 Å². The Bertz CT molecular complexity index is 953. The lowest BCUT2D eigenvalue weighted by molar-refractivity contribution is -0.118. The highest BCUT2D eigenvalue weighted by molar-refractivity contribution is 6.01. The number of amides is 1. The van der Waals surface area contributed by atoms with E-state index in [0.717, 1.165) is 22.2 Å². The van der Waals surface area contributed by atoms with Gasteiger partial charge in [0.2, 0.25) is 0 Å². The molecular weight excluding hydrogens is 296 g/mol. The molecule has 0 spiro atoms. The average Bonchev–Trinajstić information content (AvgIpc) is 3.05. The number of nitrogens with one attached hydrogen (secondary N) is 1. The maximum atomic E-state index is 12.6. The van der Waals surface area contributed by atoms with Crippen molar-refractivity contribution >= 4 is 28.4 Å². The van der Waals surface area contributed by atoms with Crippen LogP contribution in [0.2, 0.25) is 0 Å². The first-order valence-electron chi connectivity index (χ1n) is 8.03. The van der Waals surface area contributed by atoms with Crippen LogP contribution >= 0.6 is 0 Å². The van der Waals surface area contributed by atoms with Gasteiger partial charge >= 0.3 is 0 Å². The zero-order chi connectivity index (χ0) is 16.5. The molecule has 3 nitrogen and oxygen atoms in total. The van der Waals surface area contributed by atoms with Crippen LogP contribution < -0.4 is 10.6 Å². The van der Waals surface area contributed by atoms with E-state index < -0.39 is 0 Å². The Morgan fingerprint density at radius 2 is 1.71 bits per heavy atom. The van der Waals surface area contributed by atoms with Gasteiger partial charge in [-0.05, 0) is 35.4 Å². The molecule has 117 valence electrons. The molecule has 3 heteroatoms. The van der Waals surface area contributed by atoms with Gasteiger partial charge in [-0.1, -0.05) is 60.7 Å². The van der Waals surface area contributed by atoms with Gasteiger partial charge in [0.1, 0.15) is 5.70 Å². The van der Waals surface area contributed by atoms with E-state index in [9.17, 15) is 4.79 Å². The Morgan fingerprint density at radius 3 is 2.58 bits per heavy atom. The molecule has 0 fully saturated rings. The van der Waals surface area contributed by atoms with E-state index >= 15 is 0 Å². The number of carbonyl (C=O) groups excluding carboxylic acids is 1. The topological polar surface area (TPSA) is 43.2 Å². The molecule has 1 atom stereocenters. The minimum absolute atomic E-state index is 0.0941. The molecule has 1 N–H and O–H groups in total. The molecule has 0 aliphatic carbocycles. The number of para-hydroxylation sites is 1. The summed E-state index contributed by atoms with van der Waals surface area (Å²) in [6.07, 6.45) is 1.83. The minimum atomic E-state index is -0.147. The molecule has 0 aromatic heterocycles. The third kappa shape index (κ3) is 2.54. The number of rotatable bonds is 3. The van der Waals surface area contributed by atoms with Gasteiger partial charge in [0.05, 0.1) is 11.7 Å². The van der Waals surface area contributed by atoms with Crippen LogP contribution in [-0.2, 0) is 4.79 Å². The van der Waals surface area contributed by atoms with Crippen molar-refractivity contribution in [1.82, 2.24) is 10.6 Å². The summed E-state index contributed by atoms with van der Waals surface area (Å²) in [7, 11) is 0. The average molecular weight is 313 g/mol. The Labute approximate surface area is 141 Å². The lowest BCUT2D eigenvalue weighted by Crippen LogP contribution is -2.29. The molecule has 3 aromatic rings.